The highest BCUT2D eigenvalue weighted by atomic mass is 16.1. The molecule has 0 aliphatic heterocycles. The predicted molar refractivity (Wildman–Crippen MR) is 87.5 cm³/mol. The van der Waals surface area contributed by atoms with Gasteiger partial charge >= 0.3 is 0 Å². The molecule has 0 bridgehead atoms. The van der Waals surface area contributed by atoms with Gasteiger partial charge in [-0.3, -0.25) is 9.59 Å². The fourth-order valence-electron chi connectivity index (χ4n) is 2.53. The summed E-state index contributed by atoms with van der Waals surface area (Å²) in [6.45, 7) is 4.19. The minimum atomic E-state index is 0.0555. The van der Waals surface area contributed by atoms with Gasteiger partial charge < -0.3 is 0 Å². The summed E-state index contributed by atoms with van der Waals surface area (Å²) >= 11 is 0. The molecule has 0 aliphatic carbocycles. The molecular formula is C19H28O2. The Balaban J connectivity index is 2.66. The maximum Gasteiger partial charge on any atom is 0.133 e. The summed E-state index contributed by atoms with van der Waals surface area (Å²) in [7, 11) is 0. The molecule has 0 N–H and O–H groups in total. The molecule has 0 amide bonds. The van der Waals surface area contributed by atoms with Gasteiger partial charge in [-0.25, -0.2) is 0 Å². The molecule has 0 heterocycles. The van der Waals surface area contributed by atoms with Gasteiger partial charge in [0.15, 0.2) is 0 Å². The molecule has 0 saturated carbocycles. The van der Waals surface area contributed by atoms with E-state index in [2.05, 4.69) is 13.8 Å². The first kappa shape index (κ1) is 17.6. The third-order valence-electron chi connectivity index (χ3n) is 3.84. The molecule has 116 valence electrons. The van der Waals surface area contributed by atoms with Crippen molar-refractivity contribution in [3.8, 4) is 0 Å². The van der Waals surface area contributed by atoms with Gasteiger partial charge in [-0.15, -0.1) is 0 Å². The van der Waals surface area contributed by atoms with E-state index in [0.29, 0.717) is 25.7 Å². The van der Waals surface area contributed by atoms with Gasteiger partial charge in [0.05, 0.1) is 0 Å². The normalized spacial score (nSPS) is 10.8. The highest BCUT2D eigenvalue weighted by Crippen LogP contribution is 2.26. The molecule has 0 spiro atoms. The second-order valence-electron chi connectivity index (χ2n) is 5.80. The van der Waals surface area contributed by atoms with E-state index in [9.17, 15) is 9.59 Å². The Morgan fingerprint density at radius 1 is 0.857 bits per heavy atom. The van der Waals surface area contributed by atoms with Crippen LogP contribution < -0.4 is 0 Å². The highest BCUT2D eigenvalue weighted by molar-refractivity contribution is 5.82. The monoisotopic (exact) mass is 288 g/mol. The quantitative estimate of drug-likeness (QED) is 0.569. The van der Waals surface area contributed by atoms with Crippen LogP contribution in [0.4, 0.5) is 0 Å². The Kier molecular flexibility index (Phi) is 8.65. The summed E-state index contributed by atoms with van der Waals surface area (Å²) in [6.07, 6.45) is 6.26. The van der Waals surface area contributed by atoms with Gasteiger partial charge in [-0.1, -0.05) is 57.0 Å². The van der Waals surface area contributed by atoms with E-state index in [1.807, 2.05) is 30.3 Å². The van der Waals surface area contributed by atoms with Crippen LogP contribution in [0.1, 0.15) is 76.7 Å². The van der Waals surface area contributed by atoms with Gasteiger partial charge in [-0.05, 0) is 24.3 Å². The van der Waals surface area contributed by atoms with Crippen molar-refractivity contribution in [2.45, 2.75) is 71.1 Å². The van der Waals surface area contributed by atoms with Crippen molar-refractivity contribution in [1.29, 1.82) is 0 Å². The van der Waals surface area contributed by atoms with Gasteiger partial charge in [-0.2, -0.15) is 0 Å². The summed E-state index contributed by atoms with van der Waals surface area (Å²) in [5.74, 6) is 0.628. The van der Waals surface area contributed by atoms with Crippen LogP contribution in [-0.4, -0.2) is 11.6 Å². The van der Waals surface area contributed by atoms with Crippen LogP contribution in [0.3, 0.4) is 0 Å². The van der Waals surface area contributed by atoms with Gasteiger partial charge in [0.25, 0.3) is 0 Å². The predicted octanol–water partition coefficient (Wildman–Crippen LogP) is 5.07. The lowest BCUT2D eigenvalue weighted by Gasteiger charge is -2.16. The third-order valence-corrected chi connectivity index (χ3v) is 3.84. The van der Waals surface area contributed by atoms with E-state index in [1.165, 1.54) is 0 Å². The molecule has 2 heteroatoms. The maximum absolute atomic E-state index is 12.1. The van der Waals surface area contributed by atoms with Crippen LogP contribution in [0.15, 0.2) is 30.3 Å². The molecule has 0 atom stereocenters. The van der Waals surface area contributed by atoms with Crippen molar-refractivity contribution >= 4 is 11.6 Å². The van der Waals surface area contributed by atoms with E-state index in [1.54, 1.807) is 0 Å². The van der Waals surface area contributed by atoms with Crippen molar-refractivity contribution < 1.29 is 9.59 Å². The minimum absolute atomic E-state index is 0.0555. The molecule has 1 rings (SSSR count). The molecule has 0 radical (unpaired) electrons. The van der Waals surface area contributed by atoms with Gasteiger partial charge in [0.1, 0.15) is 11.6 Å². The molecule has 0 aliphatic rings. The van der Waals surface area contributed by atoms with E-state index in [0.717, 1.165) is 31.2 Å². The zero-order valence-corrected chi connectivity index (χ0v) is 13.4. The van der Waals surface area contributed by atoms with Crippen LogP contribution in [0.5, 0.6) is 0 Å². The Morgan fingerprint density at radius 2 is 1.33 bits per heavy atom. The van der Waals surface area contributed by atoms with Crippen LogP contribution in [0.2, 0.25) is 0 Å². The van der Waals surface area contributed by atoms with Crippen LogP contribution >= 0.6 is 0 Å². The Hall–Kier alpha value is -1.44. The number of ketones is 2. The number of unbranched alkanes of at least 4 members (excludes halogenated alkanes) is 2. The molecule has 1 aromatic rings. The summed E-state index contributed by atoms with van der Waals surface area (Å²) in [5.41, 5.74) is 1.12. The fraction of sp³-hybridized carbons (Fsp3) is 0.579. The first-order valence-corrected chi connectivity index (χ1v) is 8.25. The van der Waals surface area contributed by atoms with Crippen molar-refractivity contribution in [1.82, 2.24) is 0 Å². The van der Waals surface area contributed by atoms with Crippen LogP contribution in [0.25, 0.3) is 0 Å². The molecular weight excluding hydrogens is 260 g/mol. The third kappa shape index (κ3) is 7.22. The van der Waals surface area contributed by atoms with Crippen LogP contribution in [0, 0.1) is 0 Å². The Bertz CT molecular complexity index is 400. The lowest BCUT2D eigenvalue weighted by atomic mass is 9.87. The average molecular weight is 288 g/mol. The number of rotatable bonds is 11. The molecule has 1 aromatic carbocycles. The number of benzene rings is 1. The summed E-state index contributed by atoms with van der Waals surface area (Å²) < 4.78 is 0. The molecule has 21 heavy (non-hydrogen) atoms. The standard InChI is InChI=1S/C19H28O2/c1-3-5-12-18(20)14-17(15-19(21)13-6-4-2)16-10-8-7-9-11-16/h7-11,17H,3-6,12-15H2,1-2H3. The number of carbonyl (C=O) groups excluding carboxylic acids is 2. The molecule has 2 nitrogen and oxygen atoms in total. The van der Waals surface area contributed by atoms with Crippen molar-refractivity contribution in [3.63, 3.8) is 0 Å². The molecule has 0 unspecified atom stereocenters. The first-order valence-electron chi connectivity index (χ1n) is 8.25. The molecule has 0 fully saturated rings. The van der Waals surface area contributed by atoms with Crippen molar-refractivity contribution in [2.75, 3.05) is 0 Å². The average Bonchev–Trinajstić information content (AvgIpc) is 2.51. The smallest absolute Gasteiger partial charge is 0.133 e. The topological polar surface area (TPSA) is 34.1 Å². The second-order valence-corrected chi connectivity index (χ2v) is 5.80. The van der Waals surface area contributed by atoms with E-state index in [-0.39, 0.29) is 17.5 Å². The highest BCUT2D eigenvalue weighted by Gasteiger charge is 2.18. The van der Waals surface area contributed by atoms with Crippen molar-refractivity contribution in [3.05, 3.63) is 35.9 Å². The molecule has 0 saturated heterocycles. The number of hydrogen-bond acceptors (Lipinski definition) is 2. The SMILES string of the molecule is CCCCC(=O)CC(CC(=O)CCCC)c1ccccc1. The Morgan fingerprint density at radius 3 is 1.76 bits per heavy atom. The summed E-state index contributed by atoms with van der Waals surface area (Å²) in [5, 5.41) is 0. The summed E-state index contributed by atoms with van der Waals surface area (Å²) in [6, 6.07) is 10.00. The largest absolute Gasteiger partial charge is 0.300 e. The zero-order chi connectivity index (χ0) is 15.5. The zero-order valence-electron chi connectivity index (χ0n) is 13.4. The van der Waals surface area contributed by atoms with Gasteiger partial charge in [0.2, 0.25) is 0 Å². The van der Waals surface area contributed by atoms with E-state index >= 15 is 0 Å². The van der Waals surface area contributed by atoms with Crippen molar-refractivity contribution in [2.24, 2.45) is 0 Å². The number of carbonyl (C=O) groups is 2. The number of Topliss-reactive ketones (excluding diaryl/α,β-unsaturated/α-hetero) is 2. The van der Waals surface area contributed by atoms with E-state index in [4.69, 9.17) is 0 Å². The minimum Gasteiger partial charge on any atom is -0.300 e. The fourth-order valence-corrected chi connectivity index (χ4v) is 2.53. The molecule has 0 aromatic heterocycles. The van der Waals surface area contributed by atoms with Crippen LogP contribution in [-0.2, 0) is 9.59 Å². The first-order chi connectivity index (χ1) is 10.2. The number of hydrogen-bond donors (Lipinski definition) is 0. The van der Waals surface area contributed by atoms with E-state index < -0.39 is 0 Å². The Labute approximate surface area is 128 Å². The lowest BCUT2D eigenvalue weighted by molar-refractivity contribution is -0.121. The second kappa shape index (κ2) is 10.3. The lowest BCUT2D eigenvalue weighted by Crippen LogP contribution is -2.12. The van der Waals surface area contributed by atoms with Gasteiger partial charge in [0, 0.05) is 25.7 Å². The summed E-state index contributed by atoms with van der Waals surface area (Å²) in [4.78, 5) is 24.1. The maximum atomic E-state index is 12.1.